The van der Waals surface area contributed by atoms with Crippen molar-refractivity contribution in [3.8, 4) is 0 Å². The minimum Gasteiger partial charge on any atom is -0.376 e. The summed E-state index contributed by atoms with van der Waals surface area (Å²) in [7, 11) is 0. The van der Waals surface area contributed by atoms with Gasteiger partial charge in [0.05, 0.1) is 6.54 Å². The maximum atomic E-state index is 12.6. The Kier molecular flexibility index (Phi) is 7.61. The van der Waals surface area contributed by atoms with Crippen molar-refractivity contribution in [1.82, 2.24) is 0 Å². The lowest BCUT2D eigenvalue weighted by Crippen LogP contribution is -2.35. The highest BCUT2D eigenvalue weighted by Crippen LogP contribution is 2.16. The molecule has 5 heteroatoms. The van der Waals surface area contributed by atoms with E-state index in [0.717, 1.165) is 22.6 Å². The van der Waals surface area contributed by atoms with Crippen molar-refractivity contribution < 1.29 is 9.59 Å². The topological polar surface area (TPSA) is 61.4 Å². The number of nitrogens with one attached hydrogen (secondary N) is 2. The van der Waals surface area contributed by atoms with Crippen LogP contribution in [0.25, 0.3) is 0 Å². The fourth-order valence-electron chi connectivity index (χ4n) is 3.18. The average Bonchev–Trinajstić information content (AvgIpc) is 2.79. The molecule has 2 N–H and O–H groups in total. The summed E-state index contributed by atoms with van der Waals surface area (Å²) in [4.78, 5) is 26.5. The highest BCUT2D eigenvalue weighted by atomic mass is 16.2. The number of anilines is 3. The smallest absolute Gasteiger partial charge is 0.246 e. The van der Waals surface area contributed by atoms with Gasteiger partial charge in [0.1, 0.15) is 0 Å². The maximum absolute atomic E-state index is 12.6. The van der Waals surface area contributed by atoms with Gasteiger partial charge >= 0.3 is 0 Å². The van der Waals surface area contributed by atoms with Gasteiger partial charge in [-0.05, 0) is 55.3 Å². The number of rotatable bonds is 9. The molecule has 0 fully saturated rings. The molecule has 3 aromatic rings. The minimum atomic E-state index is -0.0174. The summed E-state index contributed by atoms with van der Waals surface area (Å²) in [6.07, 6.45) is 1.15. The molecule has 0 atom stereocenters. The van der Waals surface area contributed by atoms with Gasteiger partial charge in [-0.15, -0.1) is 0 Å². The standard InChI is InChI=1S/C25H27N3O2/c1-2-28(23-11-7-4-8-12-23)25(30)19-26-21-14-16-22(17-15-21)27-24(29)18-13-20-9-5-3-6-10-20/h3-12,14-17,26H,2,13,18-19H2,1H3,(H,27,29). The quantitative estimate of drug-likeness (QED) is 0.545. The summed E-state index contributed by atoms with van der Waals surface area (Å²) >= 11 is 0. The van der Waals surface area contributed by atoms with Crippen LogP contribution in [0.5, 0.6) is 0 Å². The molecule has 0 aliphatic heterocycles. The maximum Gasteiger partial charge on any atom is 0.246 e. The lowest BCUT2D eigenvalue weighted by Gasteiger charge is -2.21. The van der Waals surface area contributed by atoms with E-state index in [-0.39, 0.29) is 18.4 Å². The number of carbonyl (C=O) groups is 2. The first-order valence-corrected chi connectivity index (χ1v) is 10.2. The fourth-order valence-corrected chi connectivity index (χ4v) is 3.18. The number of benzene rings is 3. The summed E-state index contributed by atoms with van der Waals surface area (Å²) < 4.78 is 0. The lowest BCUT2D eigenvalue weighted by molar-refractivity contribution is -0.117. The molecule has 0 saturated carbocycles. The van der Waals surface area contributed by atoms with Gasteiger partial charge in [0, 0.05) is 30.0 Å². The van der Waals surface area contributed by atoms with Gasteiger partial charge < -0.3 is 15.5 Å². The molecule has 0 aliphatic carbocycles. The Morgan fingerprint density at radius 1 is 0.800 bits per heavy atom. The second kappa shape index (κ2) is 10.8. The molecular weight excluding hydrogens is 374 g/mol. The summed E-state index contributed by atoms with van der Waals surface area (Å²) in [5, 5.41) is 6.06. The summed E-state index contributed by atoms with van der Waals surface area (Å²) in [5.74, 6) is -0.0156. The van der Waals surface area contributed by atoms with Crippen LogP contribution < -0.4 is 15.5 Å². The third-order valence-electron chi connectivity index (χ3n) is 4.78. The molecule has 0 radical (unpaired) electrons. The molecule has 0 heterocycles. The number of carbonyl (C=O) groups excluding carboxylic acids is 2. The molecular formula is C25H27N3O2. The number of hydrogen-bond donors (Lipinski definition) is 2. The van der Waals surface area contributed by atoms with Crippen molar-refractivity contribution in [3.05, 3.63) is 90.5 Å². The first-order valence-electron chi connectivity index (χ1n) is 10.2. The molecule has 3 aromatic carbocycles. The first-order chi connectivity index (χ1) is 14.7. The van der Waals surface area contributed by atoms with E-state index >= 15 is 0 Å². The van der Waals surface area contributed by atoms with E-state index in [0.29, 0.717) is 19.4 Å². The molecule has 154 valence electrons. The molecule has 0 saturated heterocycles. The van der Waals surface area contributed by atoms with Crippen LogP contribution in [0.4, 0.5) is 17.1 Å². The van der Waals surface area contributed by atoms with Gasteiger partial charge in [-0.2, -0.15) is 0 Å². The Bertz CT molecular complexity index is 941. The number of para-hydroxylation sites is 1. The van der Waals surface area contributed by atoms with Gasteiger partial charge in [0.25, 0.3) is 0 Å². The van der Waals surface area contributed by atoms with Crippen LogP contribution in [0.1, 0.15) is 18.9 Å². The van der Waals surface area contributed by atoms with E-state index in [1.54, 1.807) is 4.90 Å². The highest BCUT2D eigenvalue weighted by molar-refractivity contribution is 5.96. The first kappa shape index (κ1) is 21.1. The normalized spacial score (nSPS) is 10.3. The zero-order chi connectivity index (χ0) is 21.2. The van der Waals surface area contributed by atoms with Crippen molar-refractivity contribution in [1.29, 1.82) is 0 Å². The third kappa shape index (κ3) is 6.21. The molecule has 0 aliphatic rings. The summed E-state index contributed by atoms with van der Waals surface area (Å²) in [6, 6.07) is 27.0. The van der Waals surface area contributed by atoms with Gasteiger partial charge in [0.15, 0.2) is 0 Å². The Labute approximate surface area is 177 Å². The van der Waals surface area contributed by atoms with Crippen LogP contribution in [-0.4, -0.2) is 24.9 Å². The number of likely N-dealkylation sites (N-methyl/N-ethyl adjacent to an activating group) is 1. The zero-order valence-electron chi connectivity index (χ0n) is 17.2. The zero-order valence-corrected chi connectivity index (χ0v) is 17.2. The van der Waals surface area contributed by atoms with Crippen molar-refractivity contribution in [2.24, 2.45) is 0 Å². The van der Waals surface area contributed by atoms with E-state index < -0.39 is 0 Å². The molecule has 0 unspecified atom stereocenters. The van der Waals surface area contributed by atoms with Crippen LogP contribution >= 0.6 is 0 Å². The Morgan fingerprint density at radius 2 is 1.40 bits per heavy atom. The predicted octanol–water partition coefficient (Wildman–Crippen LogP) is 4.72. The van der Waals surface area contributed by atoms with Crippen molar-refractivity contribution in [2.75, 3.05) is 28.6 Å². The molecule has 30 heavy (non-hydrogen) atoms. The Morgan fingerprint density at radius 3 is 2.03 bits per heavy atom. The van der Waals surface area contributed by atoms with Gasteiger partial charge in [-0.25, -0.2) is 0 Å². The van der Waals surface area contributed by atoms with Crippen LogP contribution in [0, 0.1) is 0 Å². The molecule has 5 nitrogen and oxygen atoms in total. The monoisotopic (exact) mass is 401 g/mol. The van der Waals surface area contributed by atoms with Crippen molar-refractivity contribution >= 4 is 28.9 Å². The largest absolute Gasteiger partial charge is 0.376 e. The summed E-state index contributed by atoms with van der Waals surface area (Å²) in [5.41, 5.74) is 3.60. The van der Waals surface area contributed by atoms with E-state index in [1.807, 2.05) is 91.9 Å². The molecule has 3 rings (SSSR count). The Hall–Kier alpha value is -3.60. The van der Waals surface area contributed by atoms with Crippen molar-refractivity contribution in [3.63, 3.8) is 0 Å². The van der Waals surface area contributed by atoms with E-state index in [4.69, 9.17) is 0 Å². The second-order valence-electron chi connectivity index (χ2n) is 6.94. The molecule has 0 aromatic heterocycles. The van der Waals surface area contributed by atoms with Crippen LogP contribution in [0.2, 0.25) is 0 Å². The number of aryl methyl sites for hydroxylation is 1. The van der Waals surface area contributed by atoms with Crippen LogP contribution in [-0.2, 0) is 16.0 Å². The molecule has 0 bridgehead atoms. The van der Waals surface area contributed by atoms with Crippen LogP contribution in [0.3, 0.4) is 0 Å². The van der Waals surface area contributed by atoms with Gasteiger partial charge in [-0.1, -0.05) is 48.5 Å². The third-order valence-corrected chi connectivity index (χ3v) is 4.78. The number of nitrogens with zero attached hydrogens (tertiary/aromatic N) is 1. The lowest BCUT2D eigenvalue weighted by atomic mass is 10.1. The van der Waals surface area contributed by atoms with Crippen LogP contribution in [0.15, 0.2) is 84.9 Å². The minimum absolute atomic E-state index is 0.00184. The van der Waals surface area contributed by atoms with E-state index in [2.05, 4.69) is 10.6 Å². The van der Waals surface area contributed by atoms with Gasteiger partial charge in [-0.3, -0.25) is 9.59 Å². The number of amides is 2. The molecule has 0 spiro atoms. The molecule has 2 amide bonds. The Balaban J connectivity index is 1.47. The average molecular weight is 402 g/mol. The highest BCUT2D eigenvalue weighted by Gasteiger charge is 2.13. The second-order valence-corrected chi connectivity index (χ2v) is 6.94. The van der Waals surface area contributed by atoms with E-state index in [9.17, 15) is 9.59 Å². The predicted molar refractivity (Wildman–Crippen MR) is 123 cm³/mol. The van der Waals surface area contributed by atoms with E-state index in [1.165, 1.54) is 0 Å². The van der Waals surface area contributed by atoms with Gasteiger partial charge in [0.2, 0.25) is 11.8 Å². The number of hydrogen-bond acceptors (Lipinski definition) is 3. The fraction of sp³-hybridized carbons (Fsp3) is 0.200. The van der Waals surface area contributed by atoms with Crippen molar-refractivity contribution in [2.45, 2.75) is 19.8 Å². The summed E-state index contributed by atoms with van der Waals surface area (Å²) in [6.45, 7) is 2.77. The SMILES string of the molecule is CCN(C(=O)CNc1ccc(NC(=O)CCc2ccccc2)cc1)c1ccccc1.